The first-order chi connectivity index (χ1) is 12.9. The Balaban J connectivity index is 1.76. The van der Waals surface area contributed by atoms with E-state index in [0.717, 1.165) is 25.9 Å². The number of likely N-dealkylation sites (tertiary alicyclic amines) is 1. The summed E-state index contributed by atoms with van der Waals surface area (Å²) in [6.07, 6.45) is 1.95. The van der Waals surface area contributed by atoms with Crippen molar-refractivity contribution >= 4 is 11.5 Å². The van der Waals surface area contributed by atoms with Gasteiger partial charge in [0, 0.05) is 13.1 Å². The molecule has 3 heteroatoms. The van der Waals surface area contributed by atoms with E-state index in [0.29, 0.717) is 6.54 Å². The second-order valence-corrected chi connectivity index (χ2v) is 8.07. The first kappa shape index (κ1) is 19.4. The molecule has 1 fully saturated rings. The average Bonchev–Trinajstić information content (AvgIpc) is 2.64. The number of ether oxygens (including phenoxy) is 1. The van der Waals surface area contributed by atoms with Gasteiger partial charge >= 0.3 is 5.97 Å². The Morgan fingerprint density at radius 2 is 1.37 bits per heavy atom. The number of piperidine rings is 1. The van der Waals surface area contributed by atoms with Crippen molar-refractivity contribution in [3.63, 3.8) is 0 Å². The lowest BCUT2D eigenvalue weighted by atomic mass is 9.88. The lowest BCUT2D eigenvalue weighted by Crippen LogP contribution is -2.38. The van der Waals surface area contributed by atoms with E-state index in [4.69, 9.17) is 4.74 Å². The minimum Gasteiger partial charge on any atom is -0.459 e. The molecule has 2 aromatic carbocycles. The molecule has 0 amide bonds. The van der Waals surface area contributed by atoms with Crippen LogP contribution in [0.5, 0.6) is 0 Å². The minimum atomic E-state index is -0.425. The van der Waals surface area contributed by atoms with Gasteiger partial charge in [-0.3, -0.25) is 9.69 Å². The number of hydrogen-bond donors (Lipinski definition) is 0. The van der Waals surface area contributed by atoms with Gasteiger partial charge in [-0.2, -0.15) is 0 Å². The average molecular weight is 364 g/mol. The number of nitrogens with zero attached hydrogens (tertiary/aromatic N) is 1. The maximum absolute atomic E-state index is 12.1. The topological polar surface area (TPSA) is 29.5 Å². The van der Waals surface area contributed by atoms with E-state index in [1.54, 1.807) is 0 Å². The molecular weight excluding hydrogens is 334 g/mol. The smallest absolute Gasteiger partial charge is 0.320 e. The van der Waals surface area contributed by atoms with Gasteiger partial charge < -0.3 is 4.74 Å². The number of carbonyl (C=O) groups excluding carboxylic acids is 1. The number of rotatable bonds is 4. The quantitative estimate of drug-likeness (QED) is 0.722. The molecule has 0 atom stereocenters. The van der Waals surface area contributed by atoms with Crippen molar-refractivity contribution in [2.45, 2.75) is 39.2 Å². The lowest BCUT2D eigenvalue weighted by Gasteiger charge is -2.30. The van der Waals surface area contributed by atoms with Gasteiger partial charge in [0.05, 0.1) is 6.54 Å². The largest absolute Gasteiger partial charge is 0.459 e. The molecule has 0 aliphatic carbocycles. The summed E-state index contributed by atoms with van der Waals surface area (Å²) in [5.41, 5.74) is 4.91. The molecule has 1 aliphatic heterocycles. The van der Waals surface area contributed by atoms with E-state index >= 15 is 0 Å². The van der Waals surface area contributed by atoms with Crippen molar-refractivity contribution in [1.29, 1.82) is 0 Å². The van der Waals surface area contributed by atoms with Crippen LogP contribution in [0.4, 0.5) is 0 Å². The zero-order chi connectivity index (χ0) is 19.3. The van der Waals surface area contributed by atoms with Crippen molar-refractivity contribution in [1.82, 2.24) is 4.90 Å². The van der Waals surface area contributed by atoms with E-state index in [1.165, 1.54) is 22.3 Å². The Kier molecular flexibility index (Phi) is 6.12. The monoisotopic (exact) mass is 363 g/mol. The number of hydrogen-bond acceptors (Lipinski definition) is 3. The highest BCUT2D eigenvalue weighted by Crippen LogP contribution is 2.32. The molecule has 0 radical (unpaired) electrons. The molecule has 0 bridgehead atoms. The normalized spacial score (nSPS) is 15.4. The summed E-state index contributed by atoms with van der Waals surface area (Å²) in [6.45, 7) is 7.88. The summed E-state index contributed by atoms with van der Waals surface area (Å²) >= 11 is 0. The van der Waals surface area contributed by atoms with Crippen molar-refractivity contribution in [2.75, 3.05) is 19.6 Å². The summed E-state index contributed by atoms with van der Waals surface area (Å²) < 4.78 is 5.46. The third-order valence-corrected chi connectivity index (χ3v) is 4.71. The minimum absolute atomic E-state index is 0.138. The molecule has 0 unspecified atom stereocenters. The third-order valence-electron chi connectivity index (χ3n) is 4.71. The summed E-state index contributed by atoms with van der Waals surface area (Å²) in [5, 5.41) is 0. The van der Waals surface area contributed by atoms with Crippen LogP contribution in [0.3, 0.4) is 0 Å². The Bertz CT molecular complexity index is 737. The molecule has 1 saturated heterocycles. The van der Waals surface area contributed by atoms with Crippen LogP contribution in [0.1, 0.15) is 44.7 Å². The summed E-state index contributed by atoms with van der Waals surface area (Å²) in [7, 11) is 0. The fourth-order valence-electron chi connectivity index (χ4n) is 3.57. The van der Waals surface area contributed by atoms with Crippen molar-refractivity contribution in [2.24, 2.45) is 0 Å². The van der Waals surface area contributed by atoms with Gasteiger partial charge in [-0.05, 0) is 50.3 Å². The van der Waals surface area contributed by atoms with Crippen LogP contribution < -0.4 is 0 Å². The van der Waals surface area contributed by atoms with Crippen LogP contribution in [-0.4, -0.2) is 36.1 Å². The van der Waals surface area contributed by atoms with Crippen LogP contribution in [0.15, 0.2) is 66.2 Å². The van der Waals surface area contributed by atoms with E-state index < -0.39 is 5.60 Å². The van der Waals surface area contributed by atoms with Gasteiger partial charge in [0.15, 0.2) is 0 Å². The second-order valence-electron chi connectivity index (χ2n) is 8.07. The SMILES string of the molecule is CC(C)(C)OC(=O)CN1CCC(=C(c2ccccc2)c2ccccc2)CC1. The van der Waals surface area contributed by atoms with Crippen molar-refractivity contribution in [3.8, 4) is 0 Å². The molecule has 3 rings (SSSR count). The molecule has 0 N–H and O–H groups in total. The van der Waals surface area contributed by atoms with E-state index in [9.17, 15) is 4.79 Å². The van der Waals surface area contributed by atoms with Crippen LogP contribution in [0, 0.1) is 0 Å². The van der Waals surface area contributed by atoms with Gasteiger partial charge in [0.1, 0.15) is 5.60 Å². The van der Waals surface area contributed by atoms with E-state index in [1.807, 2.05) is 20.8 Å². The molecule has 27 heavy (non-hydrogen) atoms. The lowest BCUT2D eigenvalue weighted by molar-refractivity contribution is -0.156. The van der Waals surface area contributed by atoms with Gasteiger partial charge in [-0.25, -0.2) is 0 Å². The van der Waals surface area contributed by atoms with Crippen LogP contribution in [0.25, 0.3) is 5.57 Å². The maximum atomic E-state index is 12.1. The van der Waals surface area contributed by atoms with Crippen LogP contribution in [-0.2, 0) is 9.53 Å². The molecular formula is C24H29NO2. The summed E-state index contributed by atoms with van der Waals surface area (Å²) in [4.78, 5) is 14.3. The Morgan fingerprint density at radius 3 is 1.81 bits per heavy atom. The molecule has 0 spiro atoms. The zero-order valence-electron chi connectivity index (χ0n) is 16.6. The fourth-order valence-corrected chi connectivity index (χ4v) is 3.57. The molecule has 3 nitrogen and oxygen atoms in total. The van der Waals surface area contributed by atoms with Gasteiger partial charge in [0.2, 0.25) is 0 Å². The van der Waals surface area contributed by atoms with Gasteiger partial charge in [-0.1, -0.05) is 66.2 Å². The second kappa shape index (κ2) is 8.53. The number of carbonyl (C=O) groups is 1. The van der Waals surface area contributed by atoms with Gasteiger partial charge in [0.25, 0.3) is 0 Å². The Labute approximate surface area is 162 Å². The predicted octanol–water partition coefficient (Wildman–Crippen LogP) is 4.93. The maximum Gasteiger partial charge on any atom is 0.320 e. The molecule has 1 aliphatic rings. The first-order valence-corrected chi connectivity index (χ1v) is 9.69. The Hall–Kier alpha value is -2.39. The highest BCUT2D eigenvalue weighted by Gasteiger charge is 2.23. The molecule has 2 aromatic rings. The summed E-state index contributed by atoms with van der Waals surface area (Å²) in [6, 6.07) is 21.2. The number of esters is 1. The van der Waals surface area contributed by atoms with Crippen molar-refractivity contribution < 1.29 is 9.53 Å². The molecule has 142 valence electrons. The van der Waals surface area contributed by atoms with E-state index in [-0.39, 0.29) is 5.97 Å². The fraction of sp³-hybridized carbons (Fsp3) is 0.375. The molecule has 0 saturated carbocycles. The standard InChI is InChI=1S/C24H29NO2/c1-24(2,3)27-22(26)18-25-16-14-21(15-17-25)23(19-10-6-4-7-11-19)20-12-8-5-9-13-20/h4-13H,14-18H2,1-3H3. The third kappa shape index (κ3) is 5.54. The highest BCUT2D eigenvalue weighted by molar-refractivity contribution is 5.82. The van der Waals surface area contributed by atoms with Crippen molar-refractivity contribution in [3.05, 3.63) is 77.4 Å². The number of benzene rings is 2. The van der Waals surface area contributed by atoms with Crippen LogP contribution >= 0.6 is 0 Å². The van der Waals surface area contributed by atoms with Gasteiger partial charge in [-0.15, -0.1) is 0 Å². The Morgan fingerprint density at radius 1 is 0.889 bits per heavy atom. The highest BCUT2D eigenvalue weighted by atomic mass is 16.6. The first-order valence-electron chi connectivity index (χ1n) is 9.69. The van der Waals surface area contributed by atoms with Crippen LogP contribution in [0.2, 0.25) is 0 Å². The summed E-state index contributed by atoms with van der Waals surface area (Å²) in [5.74, 6) is -0.138. The zero-order valence-corrected chi connectivity index (χ0v) is 16.6. The molecule has 0 aromatic heterocycles. The van der Waals surface area contributed by atoms with E-state index in [2.05, 4.69) is 65.6 Å². The predicted molar refractivity (Wildman–Crippen MR) is 110 cm³/mol. The molecule has 1 heterocycles.